The van der Waals surface area contributed by atoms with Gasteiger partial charge in [0.05, 0.1) is 12.7 Å². The molecule has 1 fully saturated rings. The molecule has 0 atom stereocenters. The molecule has 182 valence electrons. The molecule has 2 heterocycles. The smallest absolute Gasteiger partial charge is 0.417 e. The molecule has 1 saturated heterocycles. The number of piperidine rings is 1. The first-order chi connectivity index (χ1) is 16.8. The van der Waals surface area contributed by atoms with Gasteiger partial charge in [-0.15, -0.1) is 0 Å². The van der Waals surface area contributed by atoms with Gasteiger partial charge in [-0.25, -0.2) is 4.98 Å². The predicted molar refractivity (Wildman–Crippen MR) is 130 cm³/mol. The minimum Gasteiger partial charge on any atom is -0.496 e. The highest BCUT2D eigenvalue weighted by Crippen LogP contribution is 2.30. The Labute approximate surface area is 202 Å². The molecule has 2 aromatic carbocycles. The number of anilines is 1. The summed E-state index contributed by atoms with van der Waals surface area (Å²) in [6.45, 7) is 1.17. The second kappa shape index (κ2) is 10.6. The van der Waals surface area contributed by atoms with E-state index in [9.17, 15) is 18.0 Å². The molecule has 8 heteroatoms. The van der Waals surface area contributed by atoms with Crippen LogP contribution in [0.15, 0.2) is 72.9 Å². The van der Waals surface area contributed by atoms with E-state index in [1.807, 2.05) is 65.6 Å². The fraction of sp³-hybridized carbons (Fsp3) is 0.259. The lowest BCUT2D eigenvalue weighted by Crippen LogP contribution is -2.45. The average molecular weight is 482 g/mol. The average Bonchev–Trinajstić information content (AvgIpc) is 2.88. The highest BCUT2D eigenvalue weighted by Gasteiger charge is 2.31. The molecule has 1 N–H and O–H groups in total. The number of hydrogen-bond acceptors (Lipinski definition) is 4. The van der Waals surface area contributed by atoms with Crippen LogP contribution >= 0.6 is 0 Å². The van der Waals surface area contributed by atoms with Crippen molar-refractivity contribution >= 4 is 23.4 Å². The largest absolute Gasteiger partial charge is 0.496 e. The van der Waals surface area contributed by atoms with E-state index in [0.29, 0.717) is 43.1 Å². The Kier molecular flexibility index (Phi) is 7.39. The summed E-state index contributed by atoms with van der Waals surface area (Å²) in [4.78, 5) is 19.3. The van der Waals surface area contributed by atoms with Crippen molar-refractivity contribution in [3.8, 4) is 5.75 Å². The van der Waals surface area contributed by atoms with E-state index in [2.05, 4.69) is 10.3 Å². The van der Waals surface area contributed by atoms with Gasteiger partial charge < -0.3 is 15.0 Å². The third-order valence-corrected chi connectivity index (χ3v) is 6.00. The van der Waals surface area contributed by atoms with Crippen molar-refractivity contribution in [1.82, 2.24) is 10.3 Å². The minimum atomic E-state index is -4.41. The van der Waals surface area contributed by atoms with Gasteiger partial charge >= 0.3 is 6.18 Å². The molecular formula is C27H26F3N3O2. The normalized spacial score (nSPS) is 15.1. The number of hydrogen-bond donors (Lipinski definition) is 1. The number of methoxy groups -OCH3 is 1. The Morgan fingerprint density at radius 2 is 1.71 bits per heavy atom. The molecule has 0 radical (unpaired) electrons. The van der Waals surface area contributed by atoms with Crippen molar-refractivity contribution in [2.24, 2.45) is 0 Å². The molecule has 5 nitrogen and oxygen atoms in total. The predicted octanol–water partition coefficient (Wildman–Crippen LogP) is 5.43. The first-order valence-electron chi connectivity index (χ1n) is 11.3. The van der Waals surface area contributed by atoms with Crippen LogP contribution in [0, 0.1) is 0 Å². The van der Waals surface area contributed by atoms with Crippen molar-refractivity contribution in [3.63, 3.8) is 0 Å². The first-order valence-corrected chi connectivity index (χ1v) is 11.3. The molecule has 0 aliphatic carbocycles. The summed E-state index contributed by atoms with van der Waals surface area (Å²) in [5.41, 5.74) is 1.36. The van der Waals surface area contributed by atoms with Gasteiger partial charge in [-0.3, -0.25) is 4.79 Å². The zero-order valence-electron chi connectivity index (χ0n) is 19.3. The number of halogens is 3. The first kappa shape index (κ1) is 24.3. The molecule has 4 rings (SSSR count). The van der Waals surface area contributed by atoms with Crippen molar-refractivity contribution in [2.75, 3.05) is 25.1 Å². The molecule has 3 aromatic rings. The number of nitrogens with zero attached hydrogens (tertiary/aromatic N) is 2. The number of alkyl halides is 3. The maximum atomic E-state index is 13.3. The van der Waals surface area contributed by atoms with Gasteiger partial charge in [0, 0.05) is 36.5 Å². The van der Waals surface area contributed by atoms with Crippen LogP contribution < -0.4 is 15.0 Å². The van der Waals surface area contributed by atoms with Crippen molar-refractivity contribution in [3.05, 3.63) is 89.6 Å². The second-order valence-electron chi connectivity index (χ2n) is 8.30. The topological polar surface area (TPSA) is 54.5 Å². The van der Waals surface area contributed by atoms with E-state index in [1.54, 1.807) is 7.11 Å². The van der Waals surface area contributed by atoms with Crippen LogP contribution in [-0.2, 0) is 11.0 Å². The number of pyridine rings is 1. The van der Waals surface area contributed by atoms with Gasteiger partial charge in [-0.1, -0.05) is 48.5 Å². The van der Waals surface area contributed by atoms with Gasteiger partial charge in [0.1, 0.15) is 11.6 Å². The number of carbonyl (C=O) groups is 1. The number of amides is 1. The van der Waals surface area contributed by atoms with Gasteiger partial charge in [0.15, 0.2) is 0 Å². The number of ether oxygens (including phenoxy) is 1. The van der Waals surface area contributed by atoms with E-state index >= 15 is 0 Å². The Morgan fingerprint density at radius 3 is 2.34 bits per heavy atom. The van der Waals surface area contributed by atoms with Crippen LogP contribution in [0.1, 0.15) is 29.5 Å². The lowest BCUT2D eigenvalue weighted by molar-refractivity contribution is -0.137. The highest BCUT2D eigenvalue weighted by atomic mass is 19.4. The number of rotatable bonds is 6. The standard InChI is InChI=1S/C27H26F3N3O2/c1-35-24-10-6-5-9-20(24)17-23(19-7-3-2-4-8-19)26(34)32-22-13-15-33(16-14-22)25-12-11-21(18-31-25)27(28,29)30/h2-12,17-18,22H,13-16H2,1H3,(H,32,34)/b23-17+. The summed E-state index contributed by atoms with van der Waals surface area (Å²) >= 11 is 0. The summed E-state index contributed by atoms with van der Waals surface area (Å²) in [6, 6.07) is 19.3. The molecule has 1 amide bonds. The summed E-state index contributed by atoms with van der Waals surface area (Å²) < 4.78 is 43.8. The Balaban J connectivity index is 1.45. The molecule has 1 aliphatic heterocycles. The van der Waals surface area contributed by atoms with E-state index in [1.165, 1.54) is 6.07 Å². The monoisotopic (exact) mass is 481 g/mol. The van der Waals surface area contributed by atoms with Gasteiger partial charge in [-0.2, -0.15) is 13.2 Å². The summed E-state index contributed by atoms with van der Waals surface area (Å²) in [5, 5.41) is 3.13. The third kappa shape index (κ3) is 6.01. The van der Waals surface area contributed by atoms with E-state index in [4.69, 9.17) is 4.74 Å². The van der Waals surface area contributed by atoms with Crippen molar-refractivity contribution in [2.45, 2.75) is 25.1 Å². The minimum absolute atomic E-state index is 0.0574. The number of para-hydroxylation sites is 1. The summed E-state index contributed by atoms with van der Waals surface area (Å²) in [7, 11) is 1.59. The Morgan fingerprint density at radius 1 is 1.03 bits per heavy atom. The second-order valence-corrected chi connectivity index (χ2v) is 8.30. The Bertz CT molecular complexity index is 1170. The molecule has 35 heavy (non-hydrogen) atoms. The number of carbonyl (C=O) groups excluding carboxylic acids is 1. The Hall–Kier alpha value is -3.81. The molecule has 0 bridgehead atoms. The van der Waals surface area contributed by atoms with Crippen LogP contribution in [0.25, 0.3) is 11.6 Å². The van der Waals surface area contributed by atoms with Crippen LogP contribution in [0.2, 0.25) is 0 Å². The van der Waals surface area contributed by atoms with Crippen LogP contribution in [0.5, 0.6) is 5.75 Å². The zero-order valence-corrected chi connectivity index (χ0v) is 19.3. The quantitative estimate of drug-likeness (QED) is 0.377. The van der Waals surface area contributed by atoms with E-state index in [-0.39, 0.29) is 11.9 Å². The van der Waals surface area contributed by atoms with Gasteiger partial charge in [0.2, 0.25) is 0 Å². The molecule has 0 unspecified atom stereocenters. The van der Waals surface area contributed by atoms with Crippen LogP contribution in [-0.4, -0.2) is 37.1 Å². The van der Waals surface area contributed by atoms with Crippen LogP contribution in [0.4, 0.5) is 19.0 Å². The SMILES string of the molecule is COc1ccccc1/C=C(/C(=O)NC1CCN(c2ccc(C(F)(F)F)cn2)CC1)c1ccccc1. The fourth-order valence-electron chi connectivity index (χ4n) is 4.10. The molecule has 1 aromatic heterocycles. The van der Waals surface area contributed by atoms with Gasteiger partial charge in [-0.05, 0) is 42.7 Å². The molecular weight excluding hydrogens is 455 g/mol. The zero-order chi connectivity index (χ0) is 24.8. The van der Waals surface area contributed by atoms with Gasteiger partial charge in [0.25, 0.3) is 5.91 Å². The number of aromatic nitrogens is 1. The third-order valence-electron chi connectivity index (χ3n) is 6.00. The van der Waals surface area contributed by atoms with Crippen molar-refractivity contribution < 1.29 is 22.7 Å². The molecule has 1 aliphatic rings. The lowest BCUT2D eigenvalue weighted by atomic mass is 9.99. The van der Waals surface area contributed by atoms with E-state index in [0.717, 1.165) is 23.4 Å². The maximum Gasteiger partial charge on any atom is 0.417 e. The summed E-state index contributed by atoms with van der Waals surface area (Å²) in [5.74, 6) is 0.989. The van der Waals surface area contributed by atoms with Crippen LogP contribution in [0.3, 0.4) is 0 Å². The van der Waals surface area contributed by atoms with Crippen molar-refractivity contribution in [1.29, 1.82) is 0 Å². The number of benzene rings is 2. The fourth-order valence-corrected chi connectivity index (χ4v) is 4.10. The summed E-state index contributed by atoms with van der Waals surface area (Å²) in [6.07, 6.45) is -0.407. The molecule has 0 spiro atoms. The number of nitrogens with one attached hydrogen (secondary N) is 1. The maximum absolute atomic E-state index is 13.3. The van der Waals surface area contributed by atoms with E-state index < -0.39 is 11.7 Å². The lowest BCUT2D eigenvalue weighted by Gasteiger charge is -2.33. The highest BCUT2D eigenvalue weighted by molar-refractivity contribution is 6.24. The molecule has 0 saturated carbocycles.